The maximum absolute atomic E-state index is 13.0. The molecular weight excluding hydrogens is 496 g/mol. The Hall–Kier alpha value is -4.66. The number of methoxy groups -OCH3 is 1. The van der Waals surface area contributed by atoms with Gasteiger partial charge < -0.3 is 24.7 Å². The van der Waals surface area contributed by atoms with Crippen LogP contribution < -0.4 is 20.2 Å². The van der Waals surface area contributed by atoms with E-state index in [1.807, 2.05) is 29.3 Å². The number of pyridine rings is 1. The first-order valence-electron chi connectivity index (χ1n) is 12.6. The first-order chi connectivity index (χ1) is 18.5. The molecule has 200 valence electrons. The minimum absolute atomic E-state index is 0. The molecule has 6 rings (SSSR count). The van der Waals surface area contributed by atoms with Gasteiger partial charge in [0, 0.05) is 35.1 Å². The number of fused-ring (bicyclic) bond motifs is 4. The molecule has 4 aromatic rings. The first-order valence-corrected chi connectivity index (χ1v) is 12.6. The summed E-state index contributed by atoms with van der Waals surface area (Å²) in [6.45, 7) is 1.10. The molecular formula is C30H30N4O5. The van der Waals surface area contributed by atoms with Crippen molar-refractivity contribution in [3.05, 3.63) is 75.9 Å². The summed E-state index contributed by atoms with van der Waals surface area (Å²) in [5, 5.41) is 3.89. The van der Waals surface area contributed by atoms with Crippen LogP contribution in [-0.2, 0) is 0 Å². The number of benzene rings is 3. The summed E-state index contributed by atoms with van der Waals surface area (Å²) in [6, 6.07) is 15.7. The minimum Gasteiger partial charge on any atom is -0.493 e. The molecule has 9 heteroatoms. The molecule has 1 saturated heterocycles. The van der Waals surface area contributed by atoms with Crippen molar-refractivity contribution in [2.45, 2.75) is 26.3 Å². The van der Waals surface area contributed by atoms with Gasteiger partial charge >= 0.3 is 0 Å². The smallest absolute Gasteiger partial charge is 0.256 e. The number of ether oxygens (including phenoxy) is 2. The third-order valence-electron chi connectivity index (χ3n) is 7.09. The molecule has 2 amide bonds. The summed E-state index contributed by atoms with van der Waals surface area (Å²) >= 11 is 0. The molecule has 39 heavy (non-hydrogen) atoms. The Labute approximate surface area is 225 Å². The van der Waals surface area contributed by atoms with E-state index in [2.05, 4.69) is 15.3 Å². The fourth-order valence-electron chi connectivity index (χ4n) is 5.18. The highest BCUT2D eigenvalue weighted by molar-refractivity contribution is 6.07. The Bertz CT molecular complexity index is 1680. The average Bonchev–Trinajstić information content (AvgIpc) is 3.37. The van der Waals surface area contributed by atoms with Gasteiger partial charge in [-0.05, 0) is 43.2 Å². The zero-order valence-electron chi connectivity index (χ0n) is 20.8. The van der Waals surface area contributed by atoms with Gasteiger partial charge in [-0.15, -0.1) is 0 Å². The average molecular weight is 527 g/mol. The van der Waals surface area contributed by atoms with Gasteiger partial charge in [0.2, 0.25) is 0 Å². The fourth-order valence-corrected chi connectivity index (χ4v) is 5.18. The number of hydrogen-bond acceptors (Lipinski definition) is 6. The van der Waals surface area contributed by atoms with E-state index in [0.717, 1.165) is 19.4 Å². The standard InChI is InChI=1S/C29H26N4O5.CH4/c1-37-24-14-21-23(31-16-17-6-5-12-33(17)29(21)36)15-25(24)38-13-11-30-28(35)20-9-4-8-19-26(20)32-22-10-3-2-7-18(22)27(19)34;/h2-4,7-10,14-17H,5-6,11-13H2,1H3,(H,30,35)(H,32,34);1H4/t17-;/m0./s1. The summed E-state index contributed by atoms with van der Waals surface area (Å²) in [4.78, 5) is 48.6. The molecule has 0 unspecified atom stereocenters. The zero-order chi connectivity index (χ0) is 26.2. The second-order valence-corrected chi connectivity index (χ2v) is 9.34. The number of hydrogen-bond donors (Lipinski definition) is 2. The van der Waals surface area contributed by atoms with Crippen LogP contribution in [0.15, 0.2) is 64.4 Å². The SMILES string of the molecule is C.COc1cc2c(cc1OCCNC(=O)c1cccc3c(=O)c4ccccc4[nH]c13)N=C[C@@H]1CCCN1C2=O. The van der Waals surface area contributed by atoms with Gasteiger partial charge in [-0.25, -0.2) is 0 Å². The molecule has 3 heterocycles. The number of nitrogens with zero attached hydrogens (tertiary/aromatic N) is 2. The van der Waals surface area contributed by atoms with Crippen LogP contribution in [0.5, 0.6) is 11.5 Å². The van der Waals surface area contributed by atoms with Gasteiger partial charge in [0.1, 0.15) is 6.61 Å². The minimum atomic E-state index is -0.324. The number of rotatable bonds is 6. The molecule has 0 aliphatic carbocycles. The third-order valence-corrected chi connectivity index (χ3v) is 7.09. The molecule has 0 spiro atoms. The van der Waals surface area contributed by atoms with Crippen LogP contribution in [0.25, 0.3) is 21.8 Å². The van der Waals surface area contributed by atoms with Crippen molar-refractivity contribution >= 4 is 45.5 Å². The van der Waals surface area contributed by atoms with Crippen LogP contribution in [0, 0.1) is 0 Å². The maximum Gasteiger partial charge on any atom is 0.256 e. The van der Waals surface area contributed by atoms with Crippen LogP contribution in [-0.4, -0.2) is 60.8 Å². The normalized spacial score (nSPS) is 15.9. The van der Waals surface area contributed by atoms with Crippen molar-refractivity contribution in [2.24, 2.45) is 4.99 Å². The monoisotopic (exact) mass is 526 g/mol. The second kappa shape index (κ2) is 10.6. The number of H-pyrrole nitrogens is 1. The van der Waals surface area contributed by atoms with Crippen molar-refractivity contribution in [3.63, 3.8) is 0 Å². The Morgan fingerprint density at radius 1 is 1.10 bits per heavy atom. The summed E-state index contributed by atoms with van der Waals surface area (Å²) < 4.78 is 11.4. The number of amides is 2. The molecule has 2 aliphatic rings. The van der Waals surface area contributed by atoms with Gasteiger partial charge in [-0.1, -0.05) is 25.6 Å². The van der Waals surface area contributed by atoms with E-state index in [1.165, 1.54) is 7.11 Å². The van der Waals surface area contributed by atoms with Crippen molar-refractivity contribution in [2.75, 3.05) is 26.8 Å². The highest BCUT2D eigenvalue weighted by Crippen LogP contribution is 2.38. The lowest BCUT2D eigenvalue weighted by atomic mass is 10.1. The topological polar surface area (TPSA) is 113 Å². The molecule has 0 radical (unpaired) electrons. The lowest BCUT2D eigenvalue weighted by molar-refractivity contribution is 0.0774. The molecule has 3 aromatic carbocycles. The van der Waals surface area contributed by atoms with Gasteiger partial charge in [0.15, 0.2) is 16.9 Å². The molecule has 2 aliphatic heterocycles. The predicted octanol–water partition coefficient (Wildman–Crippen LogP) is 4.46. The number of aromatic nitrogens is 1. The van der Waals surface area contributed by atoms with Gasteiger partial charge in [0.05, 0.1) is 42.0 Å². The number of para-hydroxylation sites is 2. The molecule has 1 aromatic heterocycles. The number of carbonyl (C=O) groups is 2. The van der Waals surface area contributed by atoms with E-state index in [4.69, 9.17) is 9.47 Å². The summed E-state index contributed by atoms with van der Waals surface area (Å²) in [7, 11) is 1.52. The van der Waals surface area contributed by atoms with Crippen molar-refractivity contribution < 1.29 is 19.1 Å². The largest absolute Gasteiger partial charge is 0.493 e. The summed E-state index contributed by atoms with van der Waals surface area (Å²) in [6.07, 6.45) is 3.70. The van der Waals surface area contributed by atoms with E-state index >= 15 is 0 Å². The highest BCUT2D eigenvalue weighted by atomic mass is 16.5. The molecule has 1 atom stereocenters. The summed E-state index contributed by atoms with van der Waals surface area (Å²) in [5.74, 6) is 0.482. The van der Waals surface area contributed by atoms with Crippen molar-refractivity contribution in [1.82, 2.24) is 15.2 Å². The van der Waals surface area contributed by atoms with Crippen LogP contribution in [0.3, 0.4) is 0 Å². The van der Waals surface area contributed by atoms with E-state index in [9.17, 15) is 14.4 Å². The Kier molecular flexibility index (Phi) is 7.06. The number of carbonyl (C=O) groups excluding carboxylic acids is 2. The zero-order valence-corrected chi connectivity index (χ0v) is 20.8. The maximum atomic E-state index is 13.0. The Balaban J connectivity index is 0.00000308. The van der Waals surface area contributed by atoms with E-state index in [0.29, 0.717) is 50.1 Å². The van der Waals surface area contributed by atoms with Gasteiger partial charge in [-0.3, -0.25) is 19.4 Å². The lowest BCUT2D eigenvalue weighted by Crippen LogP contribution is -2.35. The van der Waals surface area contributed by atoms with Gasteiger partial charge in [-0.2, -0.15) is 0 Å². The number of aliphatic imine (C=N–C) groups is 1. The lowest BCUT2D eigenvalue weighted by Gasteiger charge is -2.20. The van der Waals surface area contributed by atoms with Crippen molar-refractivity contribution in [1.29, 1.82) is 0 Å². The molecule has 0 bridgehead atoms. The fraction of sp³-hybridized carbons (Fsp3) is 0.267. The molecule has 2 N–H and O–H groups in total. The van der Waals surface area contributed by atoms with Crippen molar-refractivity contribution in [3.8, 4) is 11.5 Å². The van der Waals surface area contributed by atoms with Crippen LogP contribution in [0.4, 0.5) is 5.69 Å². The third kappa shape index (κ3) is 4.60. The van der Waals surface area contributed by atoms with Crippen LogP contribution in [0.2, 0.25) is 0 Å². The van der Waals surface area contributed by atoms with Crippen LogP contribution in [0.1, 0.15) is 41.0 Å². The van der Waals surface area contributed by atoms with Crippen LogP contribution >= 0.6 is 0 Å². The highest BCUT2D eigenvalue weighted by Gasteiger charge is 2.32. The van der Waals surface area contributed by atoms with Gasteiger partial charge in [0.25, 0.3) is 11.8 Å². The Morgan fingerprint density at radius 2 is 1.92 bits per heavy atom. The second-order valence-electron chi connectivity index (χ2n) is 9.34. The number of nitrogens with one attached hydrogen (secondary N) is 2. The van der Waals surface area contributed by atoms with E-state index in [1.54, 1.807) is 36.4 Å². The number of aromatic amines is 1. The quantitative estimate of drug-likeness (QED) is 0.285. The molecule has 1 fully saturated rings. The molecule has 0 saturated carbocycles. The molecule has 9 nitrogen and oxygen atoms in total. The van der Waals surface area contributed by atoms with E-state index in [-0.39, 0.29) is 43.9 Å². The Morgan fingerprint density at radius 3 is 2.77 bits per heavy atom. The van der Waals surface area contributed by atoms with E-state index < -0.39 is 0 Å². The predicted molar refractivity (Wildman–Crippen MR) is 152 cm³/mol. The summed E-state index contributed by atoms with van der Waals surface area (Å²) in [5.41, 5.74) is 2.44. The first kappa shape index (κ1) is 26.0.